The van der Waals surface area contributed by atoms with Crippen LogP contribution in [0.15, 0.2) is 0 Å². The Hall–Kier alpha value is -0.680. The summed E-state index contributed by atoms with van der Waals surface area (Å²) < 4.78 is 28.5. The lowest BCUT2D eigenvalue weighted by Crippen LogP contribution is -2.70. The van der Waals surface area contributed by atoms with E-state index in [2.05, 4.69) is 5.92 Å². The van der Waals surface area contributed by atoms with Gasteiger partial charge in [0.25, 0.3) is 0 Å². The van der Waals surface area contributed by atoms with Gasteiger partial charge in [-0.05, 0) is 27.7 Å². The molecule has 0 radical (unpaired) electrons. The maximum atomic E-state index is 11.0. The summed E-state index contributed by atoms with van der Waals surface area (Å²) in [6.07, 6.45) is 4.41. The molecule has 3 aliphatic rings. The lowest BCUT2D eigenvalue weighted by molar-refractivity contribution is -0.349. The van der Waals surface area contributed by atoms with Crippen LogP contribution in [0, 0.1) is 12.3 Å². The van der Waals surface area contributed by atoms with Crippen molar-refractivity contribution in [3.63, 3.8) is 0 Å². The molecule has 6 nitrogen and oxygen atoms in total. The molecule has 1 unspecified atom stereocenters. The van der Waals surface area contributed by atoms with E-state index in [0.717, 1.165) is 0 Å². The summed E-state index contributed by atoms with van der Waals surface area (Å²) in [4.78, 5) is 0. The van der Waals surface area contributed by atoms with E-state index in [4.69, 9.17) is 30.1 Å². The predicted octanol–water partition coefficient (Wildman–Crippen LogP) is 0.380. The summed E-state index contributed by atoms with van der Waals surface area (Å²) in [6, 6.07) is 0. The van der Waals surface area contributed by atoms with Crippen LogP contribution in [-0.4, -0.2) is 53.5 Å². The first-order chi connectivity index (χ1) is 9.13. The standard InChI is InChI=1S/C14H20O6/c1-6-13(15)10-9(18-12(4,5)19-10)7-16-14(13)8-17-11(2,3)20-14/h1,9-10,15H,7-8H2,2-5H3/t9-,10-,13-,14?/m1/s1. The molecule has 0 aromatic rings. The van der Waals surface area contributed by atoms with E-state index >= 15 is 0 Å². The molecular weight excluding hydrogens is 264 g/mol. The van der Waals surface area contributed by atoms with E-state index in [1.54, 1.807) is 27.7 Å². The molecule has 3 rings (SSSR count). The molecule has 112 valence electrons. The molecule has 0 saturated carbocycles. The van der Waals surface area contributed by atoms with E-state index in [1.165, 1.54) is 0 Å². The predicted molar refractivity (Wildman–Crippen MR) is 67.4 cm³/mol. The maximum Gasteiger partial charge on any atom is 0.238 e. The first kappa shape index (κ1) is 14.3. The van der Waals surface area contributed by atoms with Gasteiger partial charge in [0.2, 0.25) is 11.4 Å². The Morgan fingerprint density at radius 2 is 1.80 bits per heavy atom. The van der Waals surface area contributed by atoms with Gasteiger partial charge in [-0.3, -0.25) is 0 Å². The SMILES string of the molecule is C#C[C@@]1(O)[C@@H]2OC(C)(C)O[C@@H]2COC12COC(C)(C)O2. The van der Waals surface area contributed by atoms with Crippen molar-refractivity contribution in [2.75, 3.05) is 13.2 Å². The van der Waals surface area contributed by atoms with Crippen molar-refractivity contribution in [3.8, 4) is 12.3 Å². The fraction of sp³-hybridized carbons (Fsp3) is 0.857. The van der Waals surface area contributed by atoms with Crippen molar-refractivity contribution in [1.82, 2.24) is 0 Å². The van der Waals surface area contributed by atoms with Crippen LogP contribution in [0.4, 0.5) is 0 Å². The highest BCUT2D eigenvalue weighted by Gasteiger charge is 2.70. The van der Waals surface area contributed by atoms with Gasteiger partial charge < -0.3 is 28.8 Å². The Morgan fingerprint density at radius 1 is 1.10 bits per heavy atom. The van der Waals surface area contributed by atoms with E-state index in [0.29, 0.717) is 0 Å². The third-order valence-corrected chi connectivity index (χ3v) is 3.90. The molecule has 6 heteroatoms. The van der Waals surface area contributed by atoms with Crippen LogP contribution < -0.4 is 0 Å². The zero-order valence-electron chi connectivity index (χ0n) is 12.1. The van der Waals surface area contributed by atoms with Crippen LogP contribution in [0.1, 0.15) is 27.7 Å². The quantitative estimate of drug-likeness (QED) is 0.649. The minimum Gasteiger partial charge on any atom is -0.370 e. The van der Waals surface area contributed by atoms with Crippen LogP contribution in [-0.2, 0) is 23.7 Å². The second-order valence-electron chi connectivity index (χ2n) is 6.36. The molecule has 0 amide bonds. The van der Waals surface area contributed by atoms with Gasteiger partial charge in [0.05, 0.1) is 6.61 Å². The highest BCUT2D eigenvalue weighted by molar-refractivity contribution is 5.24. The van der Waals surface area contributed by atoms with Gasteiger partial charge in [-0.2, -0.15) is 0 Å². The van der Waals surface area contributed by atoms with Crippen LogP contribution in [0.2, 0.25) is 0 Å². The maximum absolute atomic E-state index is 11.0. The Bertz CT molecular complexity index is 465. The smallest absolute Gasteiger partial charge is 0.238 e. The average molecular weight is 284 g/mol. The summed E-state index contributed by atoms with van der Waals surface area (Å²) in [7, 11) is 0. The number of fused-ring (bicyclic) bond motifs is 1. The number of hydrogen-bond donors (Lipinski definition) is 1. The summed E-state index contributed by atoms with van der Waals surface area (Å²) in [5.74, 6) is -0.765. The Labute approximate surface area is 118 Å². The highest BCUT2D eigenvalue weighted by Crippen LogP contribution is 2.49. The average Bonchev–Trinajstić information content (AvgIpc) is 2.83. The van der Waals surface area contributed by atoms with Crippen molar-refractivity contribution in [2.45, 2.75) is 62.9 Å². The molecule has 3 saturated heterocycles. The lowest BCUT2D eigenvalue weighted by atomic mass is 9.83. The van der Waals surface area contributed by atoms with Crippen molar-refractivity contribution in [2.24, 2.45) is 0 Å². The Morgan fingerprint density at radius 3 is 2.35 bits per heavy atom. The summed E-state index contributed by atoms with van der Waals surface area (Å²) in [6.45, 7) is 7.27. The summed E-state index contributed by atoms with van der Waals surface area (Å²) in [5, 5.41) is 11.0. The number of aliphatic hydroxyl groups is 1. The highest BCUT2D eigenvalue weighted by atomic mass is 16.9. The molecule has 0 aromatic carbocycles. The molecule has 4 atom stereocenters. The van der Waals surface area contributed by atoms with Crippen molar-refractivity contribution >= 4 is 0 Å². The molecule has 1 N–H and O–H groups in total. The minimum atomic E-state index is -1.78. The first-order valence-corrected chi connectivity index (χ1v) is 6.67. The van der Waals surface area contributed by atoms with E-state index < -0.39 is 35.2 Å². The first-order valence-electron chi connectivity index (χ1n) is 6.67. The molecule has 0 aliphatic carbocycles. The molecule has 0 aromatic heterocycles. The third-order valence-electron chi connectivity index (χ3n) is 3.90. The zero-order valence-corrected chi connectivity index (χ0v) is 12.1. The van der Waals surface area contributed by atoms with Crippen LogP contribution in [0.3, 0.4) is 0 Å². The fourth-order valence-electron chi connectivity index (χ4n) is 3.03. The molecule has 20 heavy (non-hydrogen) atoms. The summed E-state index contributed by atoms with van der Waals surface area (Å²) in [5.41, 5.74) is -1.78. The summed E-state index contributed by atoms with van der Waals surface area (Å²) >= 11 is 0. The van der Waals surface area contributed by atoms with Crippen molar-refractivity contribution < 1.29 is 28.8 Å². The monoisotopic (exact) mass is 284 g/mol. The van der Waals surface area contributed by atoms with Gasteiger partial charge >= 0.3 is 0 Å². The van der Waals surface area contributed by atoms with Gasteiger partial charge in [-0.25, -0.2) is 0 Å². The largest absolute Gasteiger partial charge is 0.370 e. The molecule has 3 heterocycles. The molecule has 3 fully saturated rings. The number of ether oxygens (including phenoxy) is 5. The Kier molecular flexibility index (Phi) is 2.81. The van der Waals surface area contributed by atoms with E-state index in [1.807, 2.05) is 0 Å². The second kappa shape index (κ2) is 3.95. The van der Waals surface area contributed by atoms with Crippen LogP contribution in [0.5, 0.6) is 0 Å². The van der Waals surface area contributed by atoms with Gasteiger partial charge in [-0.1, -0.05) is 5.92 Å². The van der Waals surface area contributed by atoms with E-state index in [-0.39, 0.29) is 13.2 Å². The number of rotatable bonds is 0. The van der Waals surface area contributed by atoms with Gasteiger partial charge in [-0.15, -0.1) is 6.42 Å². The molecule has 3 aliphatic heterocycles. The van der Waals surface area contributed by atoms with Crippen LogP contribution in [0.25, 0.3) is 0 Å². The third kappa shape index (κ3) is 1.82. The van der Waals surface area contributed by atoms with Crippen LogP contribution >= 0.6 is 0 Å². The number of terminal acetylenes is 1. The molecule has 0 bridgehead atoms. The normalized spacial score (nSPS) is 49.0. The van der Waals surface area contributed by atoms with Crippen molar-refractivity contribution in [1.29, 1.82) is 0 Å². The van der Waals surface area contributed by atoms with Gasteiger partial charge in [0.1, 0.15) is 18.8 Å². The Balaban J connectivity index is 1.98. The zero-order chi connectivity index (χ0) is 14.8. The molecular formula is C14H20O6. The topological polar surface area (TPSA) is 66.4 Å². The lowest BCUT2D eigenvalue weighted by Gasteiger charge is -2.47. The second-order valence-corrected chi connectivity index (χ2v) is 6.36. The minimum absolute atomic E-state index is 0.0354. The van der Waals surface area contributed by atoms with Crippen molar-refractivity contribution in [3.05, 3.63) is 0 Å². The number of hydrogen-bond acceptors (Lipinski definition) is 6. The van der Waals surface area contributed by atoms with E-state index in [9.17, 15) is 5.11 Å². The fourth-order valence-corrected chi connectivity index (χ4v) is 3.03. The van der Waals surface area contributed by atoms with Gasteiger partial charge in [0.15, 0.2) is 11.6 Å². The van der Waals surface area contributed by atoms with Gasteiger partial charge in [0, 0.05) is 0 Å². The molecule has 1 spiro atoms.